The van der Waals surface area contributed by atoms with E-state index in [1.807, 2.05) is 12.1 Å². The molecule has 10 heteroatoms. The zero-order valence-corrected chi connectivity index (χ0v) is 17.1. The first kappa shape index (κ1) is 24.8. The lowest BCUT2D eigenvalue weighted by molar-refractivity contribution is -0.143. The largest absolute Gasteiger partial charge is 0.416 e. The molecule has 1 saturated heterocycles. The summed E-state index contributed by atoms with van der Waals surface area (Å²) in [6.45, 7) is 0.373. The molecule has 0 bridgehead atoms. The molecule has 1 N–H and O–H groups in total. The average molecular weight is 474 g/mol. The van der Waals surface area contributed by atoms with Crippen molar-refractivity contribution in [2.45, 2.75) is 43.9 Å². The summed E-state index contributed by atoms with van der Waals surface area (Å²) < 4.78 is 83.9. The first-order valence-electron chi connectivity index (χ1n) is 8.93. The van der Waals surface area contributed by atoms with E-state index in [1.165, 1.54) is 0 Å². The van der Waals surface area contributed by atoms with Crippen LogP contribution >= 0.6 is 24.0 Å². The number of ether oxygens (including phenoxy) is 1. The molecular formula is C20H19Cl2F6NO. The highest BCUT2D eigenvalue weighted by Crippen LogP contribution is 2.37. The molecule has 0 unspecified atom stereocenters. The van der Waals surface area contributed by atoms with Gasteiger partial charge in [0.2, 0.25) is 0 Å². The van der Waals surface area contributed by atoms with E-state index in [4.69, 9.17) is 16.3 Å². The first-order chi connectivity index (χ1) is 13.5. The molecule has 30 heavy (non-hydrogen) atoms. The summed E-state index contributed by atoms with van der Waals surface area (Å²) in [5.74, 6) is 0. The second kappa shape index (κ2) is 9.77. The smallest absolute Gasteiger partial charge is 0.372 e. The third-order valence-corrected chi connectivity index (χ3v) is 4.99. The van der Waals surface area contributed by atoms with E-state index in [0.717, 1.165) is 18.5 Å². The Morgan fingerprint density at radius 2 is 1.50 bits per heavy atom. The van der Waals surface area contributed by atoms with E-state index in [2.05, 4.69) is 5.32 Å². The Kier molecular flexibility index (Phi) is 8.07. The predicted octanol–water partition coefficient (Wildman–Crippen LogP) is 6.81. The van der Waals surface area contributed by atoms with Gasteiger partial charge in [0.05, 0.1) is 29.9 Å². The number of hydrogen-bond donors (Lipinski definition) is 1. The Bertz CT molecular complexity index is 806. The number of benzene rings is 2. The minimum absolute atomic E-state index is 0. The van der Waals surface area contributed by atoms with Gasteiger partial charge >= 0.3 is 12.4 Å². The molecule has 0 aromatic heterocycles. The molecule has 1 fully saturated rings. The lowest BCUT2D eigenvalue weighted by atomic mass is 9.94. The molecule has 0 saturated carbocycles. The normalized spacial score (nSPS) is 20.0. The highest BCUT2D eigenvalue weighted by molar-refractivity contribution is 6.30. The number of rotatable bonds is 4. The highest BCUT2D eigenvalue weighted by Gasteiger charge is 2.37. The Morgan fingerprint density at radius 1 is 0.933 bits per heavy atom. The van der Waals surface area contributed by atoms with Gasteiger partial charge in [0.1, 0.15) is 0 Å². The monoisotopic (exact) mass is 473 g/mol. The summed E-state index contributed by atoms with van der Waals surface area (Å²) in [5, 5.41) is 3.85. The second-order valence-corrected chi connectivity index (χ2v) is 7.33. The maximum absolute atomic E-state index is 13.0. The van der Waals surface area contributed by atoms with E-state index < -0.39 is 29.6 Å². The van der Waals surface area contributed by atoms with Crippen LogP contribution in [0.4, 0.5) is 26.3 Å². The molecule has 166 valence electrons. The number of hydrogen-bond acceptors (Lipinski definition) is 2. The van der Waals surface area contributed by atoms with Crippen molar-refractivity contribution in [1.82, 2.24) is 5.32 Å². The zero-order valence-electron chi connectivity index (χ0n) is 15.5. The van der Waals surface area contributed by atoms with Crippen molar-refractivity contribution in [3.8, 4) is 0 Å². The third kappa shape index (κ3) is 6.26. The zero-order chi connectivity index (χ0) is 21.2. The summed E-state index contributed by atoms with van der Waals surface area (Å²) in [5.41, 5.74) is -1.98. The van der Waals surface area contributed by atoms with E-state index in [-0.39, 0.29) is 36.7 Å². The SMILES string of the molecule is Cl.FC(F)(F)c1cc(CO[C@@H]2CCCN[C@@H]2c2ccc(Cl)cc2)cc(C(F)(F)F)c1. The topological polar surface area (TPSA) is 21.3 Å². The molecule has 1 aliphatic rings. The Morgan fingerprint density at radius 3 is 2.03 bits per heavy atom. The van der Waals surface area contributed by atoms with Crippen molar-refractivity contribution in [3.63, 3.8) is 0 Å². The number of piperidine rings is 1. The summed E-state index contributed by atoms with van der Waals surface area (Å²) >= 11 is 5.90. The standard InChI is InChI=1S/C20H18ClF6NO.ClH/c21-16-5-3-13(4-6-16)18-17(2-1-7-28-18)29-11-12-8-14(19(22,23)24)10-15(9-12)20(25,26)27;/h3-6,8-10,17-18,28H,1-2,7,11H2;1H/t17-,18-;/m1./s1. The number of nitrogens with one attached hydrogen (secondary N) is 1. The molecular weight excluding hydrogens is 455 g/mol. The fourth-order valence-corrected chi connectivity index (χ4v) is 3.47. The summed E-state index contributed by atoms with van der Waals surface area (Å²) in [7, 11) is 0. The number of alkyl halides is 6. The average Bonchev–Trinajstić information content (AvgIpc) is 2.66. The molecule has 2 nitrogen and oxygen atoms in total. The van der Waals surface area contributed by atoms with Crippen LogP contribution in [0.3, 0.4) is 0 Å². The van der Waals surface area contributed by atoms with Gasteiger partial charge < -0.3 is 10.1 Å². The van der Waals surface area contributed by atoms with Crippen molar-refractivity contribution in [2.24, 2.45) is 0 Å². The lowest BCUT2D eigenvalue weighted by Crippen LogP contribution is -2.39. The first-order valence-corrected chi connectivity index (χ1v) is 9.30. The molecule has 2 aromatic rings. The van der Waals surface area contributed by atoms with Crippen LogP contribution in [0.2, 0.25) is 5.02 Å². The van der Waals surface area contributed by atoms with Crippen LogP contribution in [-0.4, -0.2) is 12.6 Å². The van der Waals surface area contributed by atoms with Crippen molar-refractivity contribution in [1.29, 1.82) is 0 Å². The third-order valence-electron chi connectivity index (χ3n) is 4.74. The van der Waals surface area contributed by atoms with Crippen LogP contribution in [-0.2, 0) is 23.7 Å². The van der Waals surface area contributed by atoms with Crippen LogP contribution in [0.1, 0.15) is 41.1 Å². The van der Waals surface area contributed by atoms with Crippen molar-refractivity contribution in [3.05, 3.63) is 69.7 Å². The quantitative estimate of drug-likeness (QED) is 0.492. The van der Waals surface area contributed by atoms with E-state index >= 15 is 0 Å². The van der Waals surface area contributed by atoms with Crippen molar-refractivity contribution in [2.75, 3.05) is 6.54 Å². The molecule has 2 aromatic carbocycles. The maximum atomic E-state index is 13.0. The molecule has 0 spiro atoms. The molecule has 0 amide bonds. The molecule has 2 atom stereocenters. The predicted molar refractivity (Wildman–Crippen MR) is 104 cm³/mol. The summed E-state index contributed by atoms with van der Waals surface area (Å²) in [4.78, 5) is 0. The van der Waals surface area contributed by atoms with Crippen LogP contribution in [0.25, 0.3) is 0 Å². The molecule has 0 radical (unpaired) electrons. The van der Waals surface area contributed by atoms with E-state index in [9.17, 15) is 26.3 Å². The van der Waals surface area contributed by atoms with Gasteiger partial charge in [0, 0.05) is 5.02 Å². The van der Waals surface area contributed by atoms with Crippen molar-refractivity contribution >= 4 is 24.0 Å². The van der Waals surface area contributed by atoms with Gasteiger partial charge in [-0.05, 0) is 60.8 Å². The van der Waals surface area contributed by atoms with E-state index in [1.54, 1.807) is 12.1 Å². The Labute approximate surface area is 181 Å². The van der Waals surface area contributed by atoms with Gasteiger partial charge in [-0.1, -0.05) is 23.7 Å². The fraction of sp³-hybridized carbons (Fsp3) is 0.400. The van der Waals surface area contributed by atoms with Gasteiger partial charge in [-0.15, -0.1) is 12.4 Å². The molecule has 0 aliphatic carbocycles. The van der Waals surface area contributed by atoms with Gasteiger partial charge in [0.15, 0.2) is 0 Å². The van der Waals surface area contributed by atoms with Crippen LogP contribution in [0.15, 0.2) is 42.5 Å². The summed E-state index contributed by atoms with van der Waals surface area (Å²) in [6.07, 6.45) is -8.74. The summed E-state index contributed by atoms with van der Waals surface area (Å²) in [6, 6.07) is 8.34. The molecule has 3 rings (SSSR count). The van der Waals surface area contributed by atoms with Crippen LogP contribution in [0, 0.1) is 0 Å². The number of halogens is 8. The van der Waals surface area contributed by atoms with Gasteiger partial charge in [-0.2, -0.15) is 26.3 Å². The van der Waals surface area contributed by atoms with Crippen molar-refractivity contribution < 1.29 is 31.1 Å². The van der Waals surface area contributed by atoms with Gasteiger partial charge in [0.25, 0.3) is 0 Å². The maximum Gasteiger partial charge on any atom is 0.416 e. The minimum atomic E-state index is -4.88. The van der Waals surface area contributed by atoms with Gasteiger partial charge in [-0.25, -0.2) is 0 Å². The molecule has 1 heterocycles. The Balaban J connectivity index is 0.00000320. The lowest BCUT2D eigenvalue weighted by Gasteiger charge is -2.33. The van der Waals surface area contributed by atoms with Gasteiger partial charge in [-0.3, -0.25) is 0 Å². The fourth-order valence-electron chi connectivity index (χ4n) is 3.35. The van der Waals surface area contributed by atoms with Crippen LogP contribution < -0.4 is 5.32 Å². The van der Waals surface area contributed by atoms with Crippen LogP contribution in [0.5, 0.6) is 0 Å². The minimum Gasteiger partial charge on any atom is -0.372 e. The van der Waals surface area contributed by atoms with E-state index in [0.29, 0.717) is 23.6 Å². The highest BCUT2D eigenvalue weighted by atomic mass is 35.5. The second-order valence-electron chi connectivity index (χ2n) is 6.89. The molecule has 1 aliphatic heterocycles. The Hall–Kier alpha value is -1.48.